The van der Waals surface area contributed by atoms with Gasteiger partial charge in [0.2, 0.25) is 5.91 Å². The van der Waals surface area contributed by atoms with Gasteiger partial charge < -0.3 is 10.6 Å². The van der Waals surface area contributed by atoms with Crippen LogP contribution >= 0.6 is 39.5 Å². The highest BCUT2D eigenvalue weighted by molar-refractivity contribution is 9.10. The van der Waals surface area contributed by atoms with Gasteiger partial charge in [-0.2, -0.15) is 0 Å². The second-order valence-electron chi connectivity index (χ2n) is 4.44. The molecule has 0 spiro atoms. The van der Waals surface area contributed by atoms with Crippen LogP contribution in [0.3, 0.4) is 0 Å². The third-order valence-corrected chi connectivity index (χ3v) is 4.46. The summed E-state index contributed by atoms with van der Waals surface area (Å²) in [6.45, 7) is 1.74. The lowest BCUT2D eigenvalue weighted by molar-refractivity contribution is -0.130. The molecule has 2 N–H and O–H groups in total. The Hall–Kier alpha value is -0.500. The summed E-state index contributed by atoms with van der Waals surface area (Å²) >= 11 is 9.91. The van der Waals surface area contributed by atoms with Crippen molar-refractivity contribution < 1.29 is 4.79 Å². The minimum Gasteiger partial charge on any atom is -0.393 e. The molecule has 0 saturated carbocycles. The third kappa shape index (κ3) is 6.47. The number of thiocarbonyl (C=S) groups is 1. The van der Waals surface area contributed by atoms with Crippen molar-refractivity contribution in [3.63, 3.8) is 0 Å². The smallest absolute Gasteiger partial charge is 0.236 e. The molecular weight excluding hydrogens is 346 g/mol. The average molecular weight is 364 g/mol. The second kappa shape index (κ2) is 7.94. The van der Waals surface area contributed by atoms with Crippen LogP contribution < -0.4 is 5.73 Å². The minimum absolute atomic E-state index is 0.0781. The summed E-state index contributed by atoms with van der Waals surface area (Å²) in [5.74, 6) is 0.0781. The fourth-order valence-corrected chi connectivity index (χ4v) is 3.13. The van der Waals surface area contributed by atoms with Gasteiger partial charge in [-0.05, 0) is 29.0 Å². The predicted molar refractivity (Wildman–Crippen MR) is 87.4 cm³/mol. The lowest BCUT2D eigenvalue weighted by atomic mass is 10.3. The first kappa shape index (κ1) is 16.6. The standard InChI is InChI=1S/C12H18BrN3OS2/c1-15(6-10-5-9(13)8-19-10)7-12(17)16(2)4-3-11(14)18/h5,8H,3-4,6-7H2,1-2H3,(H2,14,18). The molecule has 0 bridgehead atoms. The summed E-state index contributed by atoms with van der Waals surface area (Å²) in [7, 11) is 3.71. The van der Waals surface area contributed by atoms with E-state index in [0.717, 1.165) is 11.0 Å². The molecule has 0 atom stereocenters. The molecular formula is C12H18BrN3OS2. The molecule has 1 aromatic heterocycles. The first-order chi connectivity index (χ1) is 8.88. The molecule has 19 heavy (non-hydrogen) atoms. The molecule has 1 rings (SSSR count). The number of nitrogens with two attached hydrogens (primary N) is 1. The van der Waals surface area contributed by atoms with E-state index in [-0.39, 0.29) is 5.91 Å². The largest absolute Gasteiger partial charge is 0.393 e. The molecule has 1 heterocycles. The van der Waals surface area contributed by atoms with Crippen LogP contribution in [0.2, 0.25) is 0 Å². The zero-order valence-electron chi connectivity index (χ0n) is 11.1. The van der Waals surface area contributed by atoms with Crippen LogP contribution in [0.25, 0.3) is 0 Å². The van der Waals surface area contributed by atoms with Gasteiger partial charge >= 0.3 is 0 Å². The fourth-order valence-electron chi connectivity index (χ4n) is 1.51. The number of likely N-dealkylation sites (N-methyl/N-ethyl adjacent to an activating group) is 2. The highest BCUT2D eigenvalue weighted by atomic mass is 79.9. The summed E-state index contributed by atoms with van der Waals surface area (Å²) in [6, 6.07) is 2.07. The van der Waals surface area contributed by atoms with Crippen LogP contribution in [0.1, 0.15) is 11.3 Å². The van der Waals surface area contributed by atoms with Crippen LogP contribution in [0.4, 0.5) is 0 Å². The Bertz CT molecular complexity index is 450. The number of carbonyl (C=O) groups excluding carboxylic acids is 1. The van der Waals surface area contributed by atoms with Gasteiger partial charge in [-0.25, -0.2) is 0 Å². The van der Waals surface area contributed by atoms with E-state index in [1.807, 2.05) is 17.3 Å². The van der Waals surface area contributed by atoms with E-state index in [2.05, 4.69) is 22.0 Å². The van der Waals surface area contributed by atoms with Crippen molar-refractivity contribution in [2.45, 2.75) is 13.0 Å². The number of amides is 1. The van der Waals surface area contributed by atoms with Crippen molar-refractivity contribution in [1.82, 2.24) is 9.80 Å². The molecule has 0 fully saturated rings. The number of carbonyl (C=O) groups is 1. The minimum atomic E-state index is 0.0781. The Morgan fingerprint density at radius 3 is 2.74 bits per heavy atom. The Labute approximate surface area is 131 Å². The van der Waals surface area contributed by atoms with E-state index in [9.17, 15) is 4.79 Å². The number of hydrogen-bond donors (Lipinski definition) is 1. The molecule has 4 nitrogen and oxygen atoms in total. The first-order valence-electron chi connectivity index (χ1n) is 5.82. The summed E-state index contributed by atoms with van der Waals surface area (Å²) in [5, 5.41) is 2.04. The highest BCUT2D eigenvalue weighted by Crippen LogP contribution is 2.20. The summed E-state index contributed by atoms with van der Waals surface area (Å²) in [5.41, 5.74) is 5.43. The van der Waals surface area contributed by atoms with Crippen molar-refractivity contribution in [3.05, 3.63) is 20.8 Å². The Kier molecular flexibility index (Phi) is 6.92. The molecule has 1 amide bonds. The molecule has 7 heteroatoms. The maximum absolute atomic E-state index is 12.0. The maximum atomic E-state index is 12.0. The maximum Gasteiger partial charge on any atom is 0.236 e. The van der Waals surface area contributed by atoms with E-state index in [1.54, 1.807) is 23.3 Å². The molecule has 0 aliphatic carbocycles. The van der Waals surface area contributed by atoms with Crippen molar-refractivity contribution in [2.24, 2.45) is 5.73 Å². The summed E-state index contributed by atoms with van der Waals surface area (Å²) < 4.78 is 1.08. The van der Waals surface area contributed by atoms with Gasteiger partial charge in [0.15, 0.2) is 0 Å². The van der Waals surface area contributed by atoms with Crippen molar-refractivity contribution >= 4 is 50.4 Å². The van der Waals surface area contributed by atoms with Crippen LogP contribution in [-0.4, -0.2) is 47.9 Å². The highest BCUT2D eigenvalue weighted by Gasteiger charge is 2.12. The number of nitrogens with zero attached hydrogens (tertiary/aromatic N) is 2. The molecule has 0 unspecified atom stereocenters. The third-order valence-electron chi connectivity index (χ3n) is 2.57. The summed E-state index contributed by atoms with van der Waals surface area (Å²) in [6.07, 6.45) is 0.569. The lowest BCUT2D eigenvalue weighted by Crippen LogP contribution is -2.37. The number of hydrogen-bond acceptors (Lipinski definition) is 4. The molecule has 1 aromatic rings. The molecule has 0 radical (unpaired) electrons. The Balaban J connectivity index is 2.36. The van der Waals surface area contributed by atoms with Gasteiger partial charge in [-0.15, -0.1) is 11.3 Å². The van der Waals surface area contributed by atoms with E-state index < -0.39 is 0 Å². The molecule has 0 saturated heterocycles. The van der Waals surface area contributed by atoms with Gasteiger partial charge in [0.1, 0.15) is 0 Å². The monoisotopic (exact) mass is 363 g/mol. The van der Waals surface area contributed by atoms with E-state index >= 15 is 0 Å². The SMILES string of the molecule is CN(CC(=O)N(C)CCC(N)=S)Cc1cc(Br)cs1. The number of rotatable bonds is 7. The number of halogens is 1. The first-order valence-corrected chi connectivity index (χ1v) is 7.90. The van der Waals surface area contributed by atoms with Crippen molar-refractivity contribution in [3.8, 4) is 0 Å². The van der Waals surface area contributed by atoms with Crippen molar-refractivity contribution in [1.29, 1.82) is 0 Å². The van der Waals surface area contributed by atoms with Crippen molar-refractivity contribution in [2.75, 3.05) is 27.2 Å². The molecule has 106 valence electrons. The normalized spacial score (nSPS) is 10.7. The second-order valence-corrected chi connectivity index (χ2v) is 6.87. The van der Waals surface area contributed by atoms with E-state index in [1.165, 1.54) is 4.88 Å². The quantitative estimate of drug-likeness (QED) is 0.753. The predicted octanol–water partition coefficient (Wildman–Crippen LogP) is 2.08. The van der Waals surface area contributed by atoms with E-state index in [4.69, 9.17) is 18.0 Å². The van der Waals surface area contributed by atoms with Gasteiger partial charge in [-0.1, -0.05) is 12.2 Å². The fraction of sp³-hybridized carbons (Fsp3) is 0.500. The van der Waals surface area contributed by atoms with Gasteiger partial charge in [0.05, 0.1) is 11.5 Å². The van der Waals surface area contributed by atoms with Crippen LogP contribution in [0, 0.1) is 0 Å². The topological polar surface area (TPSA) is 49.6 Å². The zero-order valence-corrected chi connectivity index (χ0v) is 14.3. The van der Waals surface area contributed by atoms with Gasteiger partial charge in [-0.3, -0.25) is 9.69 Å². The number of thiophene rings is 1. The van der Waals surface area contributed by atoms with Gasteiger partial charge in [0.25, 0.3) is 0 Å². The van der Waals surface area contributed by atoms with Crippen LogP contribution in [0.5, 0.6) is 0 Å². The van der Waals surface area contributed by atoms with Gasteiger partial charge in [0, 0.05) is 41.3 Å². The molecule has 0 aliphatic rings. The molecule has 0 aliphatic heterocycles. The lowest BCUT2D eigenvalue weighted by Gasteiger charge is -2.21. The zero-order chi connectivity index (χ0) is 14.4. The van der Waals surface area contributed by atoms with E-state index in [0.29, 0.717) is 24.5 Å². The van der Waals surface area contributed by atoms with Crippen LogP contribution in [-0.2, 0) is 11.3 Å². The molecule has 0 aromatic carbocycles. The Morgan fingerprint density at radius 1 is 1.53 bits per heavy atom. The van der Waals surface area contributed by atoms with Crippen LogP contribution in [0.15, 0.2) is 15.9 Å². The average Bonchev–Trinajstić information content (AvgIpc) is 2.71. The Morgan fingerprint density at radius 2 is 2.21 bits per heavy atom. The summed E-state index contributed by atoms with van der Waals surface area (Å²) in [4.78, 5) is 17.3.